The molecule has 0 bridgehead atoms. The molecule has 7 N–H and O–H groups in total. The van der Waals surface area contributed by atoms with Crippen molar-refractivity contribution in [1.29, 1.82) is 0 Å². The van der Waals surface area contributed by atoms with E-state index >= 15 is 0 Å². The molecule has 0 fully saturated rings. The van der Waals surface area contributed by atoms with Gasteiger partial charge in [-0.1, -0.05) is 104 Å². The second-order valence-corrected chi connectivity index (χ2v) is 11.3. The second-order valence-electron chi connectivity index (χ2n) is 11.3. The SMILES string of the molecule is CCCCCCCCCCCCCCCCNC(=O)C(CCCN=C(N)N)NC(=O)C(CC(C)C)NC(C)=O. The second kappa shape index (κ2) is 24.7. The van der Waals surface area contributed by atoms with Crippen LogP contribution in [0.3, 0.4) is 0 Å². The van der Waals surface area contributed by atoms with Crippen LogP contribution in [0.4, 0.5) is 0 Å². The number of aliphatic imine (C=N–C) groups is 1. The summed E-state index contributed by atoms with van der Waals surface area (Å²) in [5.74, 6) is -0.629. The van der Waals surface area contributed by atoms with E-state index in [1.165, 1.54) is 84.0 Å². The molecule has 0 aromatic carbocycles. The van der Waals surface area contributed by atoms with Gasteiger partial charge in [-0.15, -0.1) is 0 Å². The van der Waals surface area contributed by atoms with Crippen molar-refractivity contribution in [1.82, 2.24) is 16.0 Å². The van der Waals surface area contributed by atoms with Crippen LogP contribution < -0.4 is 27.4 Å². The molecule has 0 aliphatic rings. The Hall–Kier alpha value is -2.32. The van der Waals surface area contributed by atoms with Gasteiger partial charge in [0.25, 0.3) is 0 Å². The Morgan fingerprint density at radius 3 is 1.67 bits per heavy atom. The molecule has 2 unspecified atom stereocenters. The summed E-state index contributed by atoms with van der Waals surface area (Å²) in [6.07, 6.45) is 19.4. The zero-order valence-corrected chi connectivity index (χ0v) is 25.5. The molecule has 9 heteroatoms. The Morgan fingerprint density at radius 2 is 1.21 bits per heavy atom. The maximum Gasteiger partial charge on any atom is 0.243 e. The van der Waals surface area contributed by atoms with Crippen molar-refractivity contribution in [2.24, 2.45) is 22.4 Å². The molecule has 228 valence electrons. The Labute approximate surface area is 238 Å². The number of nitrogens with one attached hydrogen (secondary N) is 3. The van der Waals surface area contributed by atoms with Gasteiger partial charge in [0.2, 0.25) is 17.7 Å². The first kappa shape index (κ1) is 36.7. The highest BCUT2D eigenvalue weighted by atomic mass is 16.2. The number of rotatable bonds is 25. The van der Waals surface area contributed by atoms with Crippen LogP contribution in [0.15, 0.2) is 4.99 Å². The fourth-order valence-electron chi connectivity index (χ4n) is 4.65. The molecule has 0 aliphatic heterocycles. The van der Waals surface area contributed by atoms with Crippen molar-refractivity contribution < 1.29 is 14.4 Å². The van der Waals surface area contributed by atoms with Gasteiger partial charge in [0.15, 0.2) is 5.96 Å². The molecule has 2 atom stereocenters. The first-order valence-electron chi connectivity index (χ1n) is 15.6. The highest BCUT2D eigenvalue weighted by molar-refractivity contribution is 5.91. The standard InChI is InChI=1S/C30H60N6O3/c1-5-6-7-8-9-10-11-12-13-14-15-16-17-18-21-33-28(38)26(20-19-22-34-30(31)32)36-29(39)27(23-24(2)3)35-25(4)37/h24,26-27H,5-23H2,1-4H3,(H,33,38)(H,35,37)(H,36,39)(H4,31,32,34). The summed E-state index contributed by atoms with van der Waals surface area (Å²) >= 11 is 0. The van der Waals surface area contributed by atoms with Crippen LogP contribution >= 0.6 is 0 Å². The fourth-order valence-corrected chi connectivity index (χ4v) is 4.65. The fraction of sp³-hybridized carbons (Fsp3) is 0.867. The quantitative estimate of drug-likeness (QED) is 0.0633. The predicted octanol–water partition coefficient (Wildman–Crippen LogP) is 4.67. The summed E-state index contributed by atoms with van der Waals surface area (Å²) in [5, 5.41) is 8.52. The Morgan fingerprint density at radius 1 is 0.692 bits per heavy atom. The van der Waals surface area contributed by atoms with Gasteiger partial charge < -0.3 is 27.4 Å². The van der Waals surface area contributed by atoms with Crippen molar-refractivity contribution in [3.05, 3.63) is 0 Å². The van der Waals surface area contributed by atoms with Crippen molar-refractivity contribution in [3.63, 3.8) is 0 Å². The minimum Gasteiger partial charge on any atom is -0.370 e. The minimum absolute atomic E-state index is 0.000461. The van der Waals surface area contributed by atoms with Gasteiger partial charge in [-0.3, -0.25) is 19.4 Å². The number of amides is 3. The Kier molecular flexibility index (Phi) is 23.2. The Bertz CT molecular complexity index is 680. The van der Waals surface area contributed by atoms with E-state index in [0.29, 0.717) is 32.4 Å². The van der Waals surface area contributed by atoms with Crippen molar-refractivity contribution in [3.8, 4) is 0 Å². The van der Waals surface area contributed by atoms with Crippen LogP contribution in [0.5, 0.6) is 0 Å². The smallest absolute Gasteiger partial charge is 0.243 e. The highest BCUT2D eigenvalue weighted by Gasteiger charge is 2.26. The topological polar surface area (TPSA) is 152 Å². The normalized spacial score (nSPS) is 12.5. The van der Waals surface area contributed by atoms with E-state index in [1.807, 2.05) is 13.8 Å². The van der Waals surface area contributed by atoms with Gasteiger partial charge in [-0.05, 0) is 31.6 Å². The lowest BCUT2D eigenvalue weighted by molar-refractivity contribution is -0.132. The van der Waals surface area contributed by atoms with Gasteiger partial charge in [0, 0.05) is 20.0 Å². The Balaban J connectivity index is 4.35. The maximum absolute atomic E-state index is 12.9. The summed E-state index contributed by atoms with van der Waals surface area (Å²) in [6, 6.07) is -1.39. The zero-order valence-electron chi connectivity index (χ0n) is 25.5. The van der Waals surface area contributed by atoms with Gasteiger partial charge in [0.05, 0.1) is 0 Å². The van der Waals surface area contributed by atoms with E-state index in [4.69, 9.17) is 11.5 Å². The van der Waals surface area contributed by atoms with E-state index in [2.05, 4.69) is 27.9 Å². The number of hydrogen-bond donors (Lipinski definition) is 5. The average molecular weight is 553 g/mol. The third-order valence-electron chi connectivity index (χ3n) is 6.81. The molecule has 0 radical (unpaired) electrons. The van der Waals surface area contributed by atoms with Crippen LogP contribution in [0.25, 0.3) is 0 Å². The summed E-state index contributed by atoms with van der Waals surface area (Å²) in [7, 11) is 0. The van der Waals surface area contributed by atoms with E-state index in [0.717, 1.165) is 12.8 Å². The summed E-state index contributed by atoms with van der Waals surface area (Å²) in [6.45, 7) is 8.57. The van der Waals surface area contributed by atoms with Gasteiger partial charge >= 0.3 is 0 Å². The summed E-state index contributed by atoms with van der Waals surface area (Å²) in [4.78, 5) is 41.4. The first-order valence-corrected chi connectivity index (χ1v) is 15.6. The largest absolute Gasteiger partial charge is 0.370 e. The lowest BCUT2D eigenvalue weighted by Crippen LogP contribution is -2.54. The molecule has 9 nitrogen and oxygen atoms in total. The van der Waals surface area contributed by atoms with Gasteiger partial charge in [-0.25, -0.2) is 0 Å². The number of carbonyl (C=O) groups is 3. The maximum atomic E-state index is 12.9. The van der Waals surface area contributed by atoms with Crippen molar-refractivity contribution in [2.75, 3.05) is 13.1 Å². The molecule has 39 heavy (non-hydrogen) atoms. The molecule has 0 heterocycles. The molecule has 0 saturated carbocycles. The number of nitrogens with two attached hydrogens (primary N) is 2. The molecular formula is C30H60N6O3. The lowest BCUT2D eigenvalue weighted by Gasteiger charge is -2.24. The molecular weight excluding hydrogens is 492 g/mol. The third kappa shape index (κ3) is 23.3. The highest BCUT2D eigenvalue weighted by Crippen LogP contribution is 2.13. The number of carbonyl (C=O) groups excluding carboxylic acids is 3. The average Bonchev–Trinajstić information content (AvgIpc) is 2.86. The number of nitrogens with zero attached hydrogens (tertiary/aromatic N) is 1. The molecule has 3 amide bonds. The van der Waals surface area contributed by atoms with E-state index in [1.54, 1.807) is 0 Å². The van der Waals surface area contributed by atoms with Crippen molar-refractivity contribution in [2.45, 2.75) is 149 Å². The van der Waals surface area contributed by atoms with E-state index in [-0.39, 0.29) is 29.6 Å². The summed E-state index contributed by atoms with van der Waals surface area (Å²) in [5.41, 5.74) is 10.8. The van der Waals surface area contributed by atoms with Crippen molar-refractivity contribution >= 4 is 23.7 Å². The third-order valence-corrected chi connectivity index (χ3v) is 6.81. The first-order chi connectivity index (χ1) is 18.7. The molecule has 0 saturated heterocycles. The summed E-state index contributed by atoms with van der Waals surface area (Å²) < 4.78 is 0. The molecule has 0 spiro atoms. The van der Waals surface area contributed by atoms with E-state index in [9.17, 15) is 14.4 Å². The van der Waals surface area contributed by atoms with Crippen LogP contribution in [0.2, 0.25) is 0 Å². The minimum atomic E-state index is -0.707. The predicted molar refractivity (Wildman–Crippen MR) is 162 cm³/mol. The van der Waals surface area contributed by atoms with Crippen LogP contribution in [-0.4, -0.2) is 48.9 Å². The molecule has 0 aromatic rings. The van der Waals surface area contributed by atoms with Crippen LogP contribution in [0, 0.1) is 5.92 Å². The monoisotopic (exact) mass is 552 g/mol. The van der Waals surface area contributed by atoms with Gasteiger partial charge in [0.1, 0.15) is 12.1 Å². The van der Waals surface area contributed by atoms with E-state index < -0.39 is 12.1 Å². The molecule has 0 aliphatic carbocycles. The van der Waals surface area contributed by atoms with Gasteiger partial charge in [-0.2, -0.15) is 0 Å². The van der Waals surface area contributed by atoms with Crippen LogP contribution in [0.1, 0.15) is 137 Å². The molecule has 0 aromatic heterocycles. The number of unbranched alkanes of at least 4 members (excludes halogenated alkanes) is 13. The lowest BCUT2D eigenvalue weighted by atomic mass is 10.0. The zero-order chi connectivity index (χ0) is 29.3. The number of hydrogen-bond acceptors (Lipinski definition) is 4. The number of guanidine groups is 1. The van der Waals surface area contributed by atoms with Crippen LogP contribution in [-0.2, 0) is 14.4 Å². The molecule has 0 rings (SSSR count).